The number of benzene rings is 1. The van der Waals surface area contributed by atoms with Gasteiger partial charge in [0, 0.05) is 20.2 Å². The molecule has 0 aliphatic rings. The monoisotopic (exact) mass is 282 g/mol. The molecule has 0 unspecified atom stereocenters. The Kier molecular flexibility index (Phi) is 6.61. The van der Waals surface area contributed by atoms with Gasteiger partial charge < -0.3 is 9.64 Å². The summed E-state index contributed by atoms with van der Waals surface area (Å²) in [6, 6.07) is 6.01. The van der Waals surface area contributed by atoms with Crippen LogP contribution in [0.25, 0.3) is 0 Å². The Morgan fingerprint density at radius 3 is 2.40 bits per heavy atom. The lowest BCUT2D eigenvalue weighted by Crippen LogP contribution is -2.45. The van der Waals surface area contributed by atoms with Gasteiger partial charge in [-0.2, -0.15) is 0 Å². The third-order valence-electron chi connectivity index (χ3n) is 3.30. The molecule has 0 fully saturated rings. The lowest BCUT2D eigenvalue weighted by molar-refractivity contribution is -0.136. The van der Waals surface area contributed by atoms with Crippen molar-refractivity contribution < 1.29 is 13.9 Å². The Bertz CT molecular complexity index is 420. The predicted octanol–water partition coefficient (Wildman–Crippen LogP) is 1.75. The lowest BCUT2D eigenvalue weighted by atomic mass is 10.2. The van der Waals surface area contributed by atoms with E-state index < -0.39 is 0 Å². The third kappa shape index (κ3) is 4.90. The molecule has 1 aromatic carbocycles. The van der Waals surface area contributed by atoms with Crippen LogP contribution in [0.2, 0.25) is 0 Å². The molecule has 0 N–H and O–H groups in total. The molecular formula is C15H23FN2O2. The van der Waals surface area contributed by atoms with Gasteiger partial charge in [-0.1, -0.05) is 12.1 Å². The summed E-state index contributed by atoms with van der Waals surface area (Å²) in [6.07, 6.45) is 0. The Hall–Kier alpha value is -1.46. The van der Waals surface area contributed by atoms with Gasteiger partial charge in [-0.15, -0.1) is 0 Å². The van der Waals surface area contributed by atoms with Crippen molar-refractivity contribution in [2.75, 3.05) is 34.4 Å². The molecule has 0 aromatic heterocycles. The number of hydrogen-bond acceptors (Lipinski definition) is 3. The number of nitrogens with zero attached hydrogens (tertiary/aromatic N) is 2. The Morgan fingerprint density at radius 2 is 1.90 bits per heavy atom. The zero-order valence-corrected chi connectivity index (χ0v) is 12.6. The van der Waals surface area contributed by atoms with E-state index in [4.69, 9.17) is 4.74 Å². The maximum absolute atomic E-state index is 12.9. The first kappa shape index (κ1) is 16.6. The highest BCUT2D eigenvalue weighted by Crippen LogP contribution is 2.09. The molecule has 20 heavy (non-hydrogen) atoms. The van der Waals surface area contributed by atoms with Crippen LogP contribution < -0.4 is 0 Å². The highest BCUT2D eigenvalue weighted by atomic mass is 19.1. The second-order valence-electron chi connectivity index (χ2n) is 5.02. The second-order valence-corrected chi connectivity index (χ2v) is 5.02. The van der Waals surface area contributed by atoms with Gasteiger partial charge in [-0.3, -0.25) is 9.69 Å². The summed E-state index contributed by atoms with van der Waals surface area (Å²) in [5.74, 6) is -0.235. The quantitative estimate of drug-likeness (QED) is 0.764. The van der Waals surface area contributed by atoms with Gasteiger partial charge in [0.15, 0.2) is 0 Å². The average molecular weight is 282 g/mol. The minimum absolute atomic E-state index is 0.0383. The van der Waals surface area contributed by atoms with Crippen molar-refractivity contribution in [1.29, 1.82) is 0 Å². The topological polar surface area (TPSA) is 32.8 Å². The van der Waals surface area contributed by atoms with E-state index in [1.165, 1.54) is 12.1 Å². The molecule has 0 saturated carbocycles. The van der Waals surface area contributed by atoms with Crippen LogP contribution >= 0.6 is 0 Å². The summed E-state index contributed by atoms with van der Waals surface area (Å²) in [6.45, 7) is 3.32. The molecule has 1 amide bonds. The summed E-state index contributed by atoms with van der Waals surface area (Å²) in [5, 5.41) is 0. The zero-order valence-electron chi connectivity index (χ0n) is 12.6. The minimum atomic E-state index is -0.273. The Balaban J connectivity index is 2.78. The third-order valence-corrected chi connectivity index (χ3v) is 3.30. The number of ether oxygens (including phenoxy) is 1. The van der Waals surface area contributed by atoms with Gasteiger partial charge in [0.2, 0.25) is 5.91 Å². The number of carbonyl (C=O) groups is 1. The SMILES string of the molecule is COCCN(Cc1ccc(F)cc1)C(=O)[C@H](C)N(C)C. The fourth-order valence-corrected chi connectivity index (χ4v) is 1.76. The smallest absolute Gasteiger partial charge is 0.240 e. The van der Waals surface area contributed by atoms with Crippen LogP contribution in [0.15, 0.2) is 24.3 Å². The van der Waals surface area contributed by atoms with Crippen LogP contribution in [0.5, 0.6) is 0 Å². The minimum Gasteiger partial charge on any atom is -0.383 e. The number of rotatable bonds is 7. The summed E-state index contributed by atoms with van der Waals surface area (Å²) in [5.41, 5.74) is 0.904. The first-order valence-corrected chi connectivity index (χ1v) is 6.64. The largest absolute Gasteiger partial charge is 0.383 e. The van der Waals surface area contributed by atoms with E-state index in [9.17, 15) is 9.18 Å². The van der Waals surface area contributed by atoms with Crippen LogP contribution in [0, 0.1) is 5.82 Å². The van der Waals surface area contributed by atoms with Crippen molar-refractivity contribution in [3.63, 3.8) is 0 Å². The molecular weight excluding hydrogens is 259 g/mol. The molecule has 0 aliphatic carbocycles. The van der Waals surface area contributed by atoms with E-state index in [2.05, 4.69) is 0 Å². The zero-order chi connectivity index (χ0) is 15.1. The van der Waals surface area contributed by atoms with E-state index in [0.717, 1.165) is 5.56 Å². The lowest BCUT2D eigenvalue weighted by Gasteiger charge is -2.28. The molecule has 5 heteroatoms. The summed E-state index contributed by atoms with van der Waals surface area (Å²) in [7, 11) is 5.35. The van der Waals surface area contributed by atoms with Crippen LogP contribution in [-0.4, -0.2) is 56.1 Å². The second kappa shape index (κ2) is 7.97. The highest BCUT2D eigenvalue weighted by Gasteiger charge is 2.22. The van der Waals surface area contributed by atoms with Gasteiger partial charge in [0.05, 0.1) is 12.6 Å². The summed E-state index contributed by atoms with van der Waals surface area (Å²) in [4.78, 5) is 16.0. The van der Waals surface area contributed by atoms with Gasteiger partial charge in [0.1, 0.15) is 5.82 Å². The number of likely N-dealkylation sites (N-methyl/N-ethyl adjacent to an activating group) is 1. The van der Waals surface area contributed by atoms with E-state index in [1.807, 2.05) is 25.9 Å². The van der Waals surface area contributed by atoms with Gasteiger partial charge in [-0.25, -0.2) is 4.39 Å². The number of hydrogen-bond donors (Lipinski definition) is 0. The van der Waals surface area contributed by atoms with Gasteiger partial charge >= 0.3 is 0 Å². The van der Waals surface area contributed by atoms with E-state index in [1.54, 1.807) is 24.1 Å². The van der Waals surface area contributed by atoms with E-state index in [-0.39, 0.29) is 17.8 Å². The van der Waals surface area contributed by atoms with Crippen molar-refractivity contribution in [2.24, 2.45) is 0 Å². The molecule has 1 atom stereocenters. The van der Waals surface area contributed by atoms with E-state index in [0.29, 0.717) is 19.7 Å². The van der Waals surface area contributed by atoms with Crippen molar-refractivity contribution >= 4 is 5.91 Å². The van der Waals surface area contributed by atoms with Crippen LogP contribution in [0.3, 0.4) is 0 Å². The number of methoxy groups -OCH3 is 1. The highest BCUT2D eigenvalue weighted by molar-refractivity contribution is 5.81. The molecule has 0 spiro atoms. The van der Waals surface area contributed by atoms with Gasteiger partial charge in [-0.05, 0) is 38.7 Å². The molecule has 4 nitrogen and oxygen atoms in total. The predicted molar refractivity (Wildman–Crippen MR) is 76.8 cm³/mol. The van der Waals surface area contributed by atoms with Crippen molar-refractivity contribution in [3.05, 3.63) is 35.6 Å². The average Bonchev–Trinajstić information content (AvgIpc) is 2.43. The van der Waals surface area contributed by atoms with Crippen LogP contribution in [-0.2, 0) is 16.1 Å². The van der Waals surface area contributed by atoms with Crippen molar-refractivity contribution in [2.45, 2.75) is 19.5 Å². The molecule has 0 aliphatic heterocycles. The first-order chi connectivity index (χ1) is 9.45. The van der Waals surface area contributed by atoms with E-state index >= 15 is 0 Å². The molecule has 112 valence electrons. The molecule has 0 heterocycles. The van der Waals surface area contributed by atoms with Crippen molar-refractivity contribution in [3.8, 4) is 0 Å². The maximum atomic E-state index is 12.9. The summed E-state index contributed by atoms with van der Waals surface area (Å²) < 4.78 is 18.0. The van der Waals surface area contributed by atoms with Crippen LogP contribution in [0.4, 0.5) is 4.39 Å². The number of amides is 1. The molecule has 0 radical (unpaired) electrons. The molecule has 0 bridgehead atoms. The fourth-order valence-electron chi connectivity index (χ4n) is 1.76. The normalized spacial score (nSPS) is 12.5. The maximum Gasteiger partial charge on any atom is 0.240 e. The molecule has 1 aromatic rings. The molecule has 0 saturated heterocycles. The number of halogens is 1. The fraction of sp³-hybridized carbons (Fsp3) is 0.533. The van der Waals surface area contributed by atoms with Crippen LogP contribution in [0.1, 0.15) is 12.5 Å². The van der Waals surface area contributed by atoms with Gasteiger partial charge in [0.25, 0.3) is 0 Å². The Morgan fingerprint density at radius 1 is 1.30 bits per heavy atom. The van der Waals surface area contributed by atoms with Crippen molar-refractivity contribution in [1.82, 2.24) is 9.80 Å². The summed E-state index contributed by atoms with van der Waals surface area (Å²) >= 11 is 0. The molecule has 1 rings (SSSR count). The standard InChI is InChI=1S/C15H23FN2O2/c1-12(17(2)3)15(19)18(9-10-20-4)11-13-5-7-14(16)8-6-13/h5-8,12H,9-11H2,1-4H3/t12-/m0/s1. The first-order valence-electron chi connectivity index (χ1n) is 6.64. The number of carbonyl (C=O) groups excluding carboxylic acids is 1. The Labute approximate surface area is 120 Å².